The topological polar surface area (TPSA) is 87.8 Å². The average Bonchev–Trinajstić information content (AvgIpc) is 2.80. The molecule has 114 valence electrons. The Labute approximate surface area is 123 Å². The molecule has 6 heteroatoms. The van der Waals surface area contributed by atoms with Crippen molar-refractivity contribution in [3.8, 4) is 0 Å². The fourth-order valence-corrected chi connectivity index (χ4v) is 2.97. The van der Waals surface area contributed by atoms with Crippen LogP contribution in [0.4, 0.5) is 11.4 Å². The van der Waals surface area contributed by atoms with Crippen molar-refractivity contribution in [2.75, 3.05) is 36.5 Å². The number of carbonyl (C=O) groups excluding carboxylic acids is 1. The van der Waals surface area contributed by atoms with Gasteiger partial charge in [0.25, 0.3) is 0 Å². The molecule has 1 atom stereocenters. The van der Waals surface area contributed by atoms with Crippen LogP contribution in [0.15, 0.2) is 18.2 Å². The number of piperidine rings is 1. The minimum atomic E-state index is -0.549. The first kappa shape index (κ1) is 14.3. The number of hydrogen-bond donors (Lipinski definition) is 3. The second-order valence-electron chi connectivity index (χ2n) is 5.52. The molecule has 3 rings (SSSR count). The van der Waals surface area contributed by atoms with Gasteiger partial charge in [-0.2, -0.15) is 0 Å². The van der Waals surface area contributed by atoms with Crippen LogP contribution in [0.3, 0.4) is 0 Å². The van der Waals surface area contributed by atoms with Gasteiger partial charge < -0.3 is 25.8 Å². The third kappa shape index (κ3) is 2.88. The number of benzene rings is 1. The first-order valence-electron chi connectivity index (χ1n) is 7.37. The number of nitrogens with two attached hydrogens (primary N) is 1. The van der Waals surface area contributed by atoms with Gasteiger partial charge in [-0.15, -0.1) is 0 Å². The minimum Gasteiger partial charge on any atom is -0.394 e. The highest BCUT2D eigenvalue weighted by Crippen LogP contribution is 2.33. The molecule has 1 unspecified atom stereocenters. The summed E-state index contributed by atoms with van der Waals surface area (Å²) >= 11 is 0. The Hall–Kier alpha value is -1.63. The standard InChI is InChI=1S/C15H21N3O3/c16-14-12-2-1-10(9-13(12)17-15(14)20)18-5-3-11(4-6-18)21-8-7-19/h1-2,9,11,14,19H,3-8,16H2,(H,17,20). The van der Waals surface area contributed by atoms with Crippen LogP contribution in [-0.4, -0.2) is 43.4 Å². The monoisotopic (exact) mass is 291 g/mol. The molecule has 0 spiro atoms. The molecule has 21 heavy (non-hydrogen) atoms. The zero-order chi connectivity index (χ0) is 14.8. The average molecular weight is 291 g/mol. The largest absolute Gasteiger partial charge is 0.394 e. The number of hydrogen-bond acceptors (Lipinski definition) is 5. The van der Waals surface area contributed by atoms with Gasteiger partial charge in [0, 0.05) is 30.0 Å². The third-order valence-corrected chi connectivity index (χ3v) is 4.16. The van der Waals surface area contributed by atoms with Gasteiger partial charge in [0.1, 0.15) is 6.04 Å². The van der Waals surface area contributed by atoms with E-state index < -0.39 is 6.04 Å². The molecule has 2 aliphatic heterocycles. The summed E-state index contributed by atoms with van der Waals surface area (Å²) in [6.45, 7) is 2.31. The van der Waals surface area contributed by atoms with Crippen LogP contribution in [0.2, 0.25) is 0 Å². The van der Waals surface area contributed by atoms with E-state index in [0.717, 1.165) is 42.9 Å². The number of rotatable bonds is 4. The van der Waals surface area contributed by atoms with Gasteiger partial charge >= 0.3 is 0 Å². The van der Waals surface area contributed by atoms with Crippen LogP contribution in [0.25, 0.3) is 0 Å². The van der Waals surface area contributed by atoms with Gasteiger partial charge in [-0.25, -0.2) is 0 Å². The van der Waals surface area contributed by atoms with E-state index in [1.54, 1.807) is 0 Å². The Bertz CT molecular complexity index is 527. The number of amides is 1. The summed E-state index contributed by atoms with van der Waals surface area (Å²) in [7, 11) is 0. The molecule has 0 bridgehead atoms. The lowest BCUT2D eigenvalue weighted by Gasteiger charge is -2.33. The fraction of sp³-hybridized carbons (Fsp3) is 0.533. The number of ether oxygens (including phenoxy) is 1. The maximum absolute atomic E-state index is 11.6. The van der Waals surface area contributed by atoms with Crippen LogP contribution in [0, 0.1) is 0 Å². The zero-order valence-corrected chi connectivity index (χ0v) is 11.9. The highest BCUT2D eigenvalue weighted by Gasteiger charge is 2.28. The first-order valence-corrected chi connectivity index (χ1v) is 7.37. The van der Waals surface area contributed by atoms with Crippen molar-refractivity contribution in [2.24, 2.45) is 5.73 Å². The number of nitrogens with zero attached hydrogens (tertiary/aromatic N) is 1. The maximum atomic E-state index is 11.6. The molecule has 0 aliphatic carbocycles. The molecular formula is C15H21N3O3. The Morgan fingerprint density at radius 2 is 2.14 bits per heavy atom. The second kappa shape index (κ2) is 6.01. The molecule has 1 aromatic carbocycles. The Balaban J connectivity index is 1.64. The molecule has 6 nitrogen and oxygen atoms in total. The summed E-state index contributed by atoms with van der Waals surface area (Å²) < 4.78 is 5.57. The van der Waals surface area contributed by atoms with Crippen molar-refractivity contribution in [1.82, 2.24) is 0 Å². The predicted octanol–water partition coefficient (Wildman–Crippen LogP) is 0.616. The van der Waals surface area contributed by atoms with E-state index in [4.69, 9.17) is 15.6 Å². The van der Waals surface area contributed by atoms with Crippen molar-refractivity contribution in [3.63, 3.8) is 0 Å². The normalized spacial score (nSPS) is 22.3. The quantitative estimate of drug-likeness (QED) is 0.757. The molecule has 0 radical (unpaired) electrons. The third-order valence-electron chi connectivity index (χ3n) is 4.16. The summed E-state index contributed by atoms with van der Waals surface area (Å²) in [4.78, 5) is 13.9. The number of nitrogens with one attached hydrogen (secondary N) is 1. The smallest absolute Gasteiger partial charge is 0.245 e. The lowest BCUT2D eigenvalue weighted by Crippen LogP contribution is -2.37. The number of fused-ring (bicyclic) bond motifs is 1. The Kier molecular flexibility index (Phi) is 4.10. The summed E-state index contributed by atoms with van der Waals surface area (Å²) in [5.41, 5.74) is 8.61. The SMILES string of the molecule is NC1C(=O)Nc2cc(N3CCC(OCCO)CC3)ccc21. The highest BCUT2D eigenvalue weighted by molar-refractivity contribution is 6.02. The Morgan fingerprint density at radius 1 is 1.38 bits per heavy atom. The van der Waals surface area contributed by atoms with Gasteiger partial charge in [0.2, 0.25) is 5.91 Å². The van der Waals surface area contributed by atoms with Crippen LogP contribution in [0.1, 0.15) is 24.4 Å². The van der Waals surface area contributed by atoms with Gasteiger partial charge in [-0.05, 0) is 25.0 Å². The van der Waals surface area contributed by atoms with Crippen LogP contribution >= 0.6 is 0 Å². The molecule has 1 amide bonds. The van der Waals surface area contributed by atoms with Crippen molar-refractivity contribution in [2.45, 2.75) is 25.0 Å². The minimum absolute atomic E-state index is 0.0744. The van der Waals surface area contributed by atoms with Crippen molar-refractivity contribution >= 4 is 17.3 Å². The summed E-state index contributed by atoms with van der Waals surface area (Å²) in [5.74, 6) is -0.140. The Morgan fingerprint density at radius 3 is 2.86 bits per heavy atom. The van der Waals surface area contributed by atoms with E-state index >= 15 is 0 Å². The van der Waals surface area contributed by atoms with Gasteiger partial charge in [0.15, 0.2) is 0 Å². The molecule has 1 fully saturated rings. The molecule has 2 aliphatic rings. The fourth-order valence-electron chi connectivity index (χ4n) is 2.97. The molecular weight excluding hydrogens is 270 g/mol. The van der Waals surface area contributed by atoms with Crippen molar-refractivity contribution in [3.05, 3.63) is 23.8 Å². The van der Waals surface area contributed by atoms with E-state index in [9.17, 15) is 4.79 Å². The van der Waals surface area contributed by atoms with E-state index in [2.05, 4.69) is 10.2 Å². The first-order chi connectivity index (χ1) is 10.2. The predicted molar refractivity (Wildman–Crippen MR) is 80.3 cm³/mol. The number of carbonyl (C=O) groups is 1. The zero-order valence-electron chi connectivity index (χ0n) is 11.9. The van der Waals surface area contributed by atoms with E-state index in [0.29, 0.717) is 6.61 Å². The number of anilines is 2. The molecule has 2 heterocycles. The van der Waals surface area contributed by atoms with Crippen LogP contribution in [-0.2, 0) is 9.53 Å². The maximum Gasteiger partial charge on any atom is 0.245 e. The molecule has 1 aromatic rings. The molecule has 4 N–H and O–H groups in total. The van der Waals surface area contributed by atoms with Crippen LogP contribution in [0.5, 0.6) is 0 Å². The second-order valence-corrected chi connectivity index (χ2v) is 5.52. The highest BCUT2D eigenvalue weighted by atomic mass is 16.5. The van der Waals surface area contributed by atoms with Crippen molar-refractivity contribution in [1.29, 1.82) is 0 Å². The van der Waals surface area contributed by atoms with E-state index in [1.807, 2.05) is 18.2 Å². The molecule has 1 saturated heterocycles. The molecule has 0 saturated carbocycles. The lowest BCUT2D eigenvalue weighted by molar-refractivity contribution is -0.116. The van der Waals surface area contributed by atoms with Crippen molar-refractivity contribution < 1.29 is 14.6 Å². The summed E-state index contributed by atoms with van der Waals surface area (Å²) in [6, 6.07) is 5.40. The van der Waals surface area contributed by atoms with Gasteiger partial charge in [-0.3, -0.25) is 4.79 Å². The number of aliphatic hydroxyl groups excluding tert-OH is 1. The number of aliphatic hydroxyl groups is 1. The van der Waals surface area contributed by atoms with Gasteiger partial charge in [0.05, 0.1) is 19.3 Å². The lowest BCUT2D eigenvalue weighted by atomic mass is 10.0. The van der Waals surface area contributed by atoms with Crippen LogP contribution < -0.4 is 16.0 Å². The summed E-state index contributed by atoms with van der Waals surface area (Å²) in [6.07, 6.45) is 2.13. The summed E-state index contributed by atoms with van der Waals surface area (Å²) in [5, 5.41) is 11.6. The van der Waals surface area contributed by atoms with E-state index in [-0.39, 0.29) is 18.6 Å². The van der Waals surface area contributed by atoms with E-state index in [1.165, 1.54) is 0 Å². The van der Waals surface area contributed by atoms with Gasteiger partial charge in [-0.1, -0.05) is 6.07 Å². The molecule has 0 aromatic heterocycles.